The number of ether oxygens (including phenoxy) is 3. The zero-order valence-corrected chi connectivity index (χ0v) is 12.5. The van der Waals surface area contributed by atoms with Crippen molar-refractivity contribution >= 4 is 5.97 Å². The highest BCUT2D eigenvalue weighted by molar-refractivity contribution is 5.75. The molecule has 0 spiro atoms. The minimum atomic E-state index is -1.37. The second-order valence-corrected chi connectivity index (χ2v) is 6.03. The topological polar surface area (TPSA) is 91.0 Å². The monoisotopic (exact) mass is 295 g/mol. The average molecular weight is 295 g/mol. The van der Waals surface area contributed by atoms with Crippen molar-refractivity contribution in [3.8, 4) is 11.5 Å². The van der Waals surface area contributed by atoms with Gasteiger partial charge in [-0.3, -0.25) is 0 Å². The molecule has 3 N–H and O–H groups in total. The molecule has 6 heteroatoms. The minimum absolute atomic E-state index is 0.200. The van der Waals surface area contributed by atoms with Crippen molar-refractivity contribution in [2.24, 2.45) is 5.73 Å². The summed E-state index contributed by atoms with van der Waals surface area (Å²) in [6.45, 7) is 5.41. The smallest absolute Gasteiger partial charge is 0.337 e. The van der Waals surface area contributed by atoms with Crippen LogP contribution >= 0.6 is 0 Å². The van der Waals surface area contributed by atoms with Crippen molar-refractivity contribution in [1.82, 2.24) is 0 Å². The summed E-state index contributed by atoms with van der Waals surface area (Å²) in [5.74, 6) is 0.613. The SMILES string of the molecule is CC(C)(C)OC(=O)C(O)C(N)Cc1ccc2c(c1)OCO2. The quantitative estimate of drug-likeness (QED) is 0.805. The number of rotatable bonds is 4. The number of aliphatic hydroxyl groups excluding tert-OH is 1. The molecule has 1 aromatic rings. The van der Waals surface area contributed by atoms with Crippen LogP contribution in [0, 0.1) is 0 Å². The van der Waals surface area contributed by atoms with Crippen LogP contribution < -0.4 is 15.2 Å². The Hall–Kier alpha value is -1.79. The summed E-state index contributed by atoms with van der Waals surface area (Å²) >= 11 is 0. The van der Waals surface area contributed by atoms with Gasteiger partial charge in [0.2, 0.25) is 6.79 Å². The lowest BCUT2D eigenvalue weighted by Crippen LogP contribution is -2.45. The molecule has 6 nitrogen and oxygen atoms in total. The fourth-order valence-corrected chi connectivity index (χ4v) is 1.99. The Morgan fingerprint density at radius 1 is 1.38 bits per heavy atom. The number of hydrogen-bond donors (Lipinski definition) is 2. The van der Waals surface area contributed by atoms with Crippen molar-refractivity contribution in [1.29, 1.82) is 0 Å². The molecule has 0 saturated carbocycles. The highest BCUT2D eigenvalue weighted by Gasteiger charge is 2.28. The van der Waals surface area contributed by atoms with Gasteiger partial charge >= 0.3 is 5.97 Å². The largest absolute Gasteiger partial charge is 0.458 e. The van der Waals surface area contributed by atoms with Gasteiger partial charge in [0.15, 0.2) is 17.6 Å². The Morgan fingerprint density at radius 2 is 2.05 bits per heavy atom. The Labute approximate surface area is 123 Å². The molecule has 1 heterocycles. The second-order valence-electron chi connectivity index (χ2n) is 6.03. The van der Waals surface area contributed by atoms with Gasteiger partial charge in [0.1, 0.15) is 5.60 Å². The van der Waals surface area contributed by atoms with E-state index in [1.54, 1.807) is 32.9 Å². The van der Waals surface area contributed by atoms with Crippen molar-refractivity contribution in [3.63, 3.8) is 0 Å². The van der Waals surface area contributed by atoms with E-state index in [9.17, 15) is 9.90 Å². The third kappa shape index (κ3) is 4.09. The van der Waals surface area contributed by atoms with Gasteiger partial charge in [-0.1, -0.05) is 6.07 Å². The number of esters is 1. The highest BCUT2D eigenvalue weighted by Crippen LogP contribution is 2.32. The fraction of sp³-hybridized carbons (Fsp3) is 0.533. The van der Waals surface area contributed by atoms with Crippen LogP contribution in [0.15, 0.2) is 18.2 Å². The maximum absolute atomic E-state index is 11.8. The first-order valence-electron chi connectivity index (χ1n) is 6.81. The van der Waals surface area contributed by atoms with E-state index in [0.29, 0.717) is 17.9 Å². The standard InChI is InChI=1S/C15H21NO5/c1-15(2,3)21-14(18)13(17)10(16)6-9-4-5-11-12(7-9)20-8-19-11/h4-5,7,10,13,17H,6,8,16H2,1-3H3. The number of nitrogens with two attached hydrogens (primary N) is 1. The van der Waals surface area contributed by atoms with Crippen LogP contribution in [0.5, 0.6) is 11.5 Å². The predicted molar refractivity (Wildman–Crippen MR) is 76.1 cm³/mol. The summed E-state index contributed by atoms with van der Waals surface area (Å²) in [5.41, 5.74) is 6.09. The average Bonchev–Trinajstić information content (AvgIpc) is 2.83. The van der Waals surface area contributed by atoms with Crippen LogP contribution in [0.2, 0.25) is 0 Å². The minimum Gasteiger partial charge on any atom is -0.458 e. The molecule has 0 fully saturated rings. The van der Waals surface area contributed by atoms with Crippen LogP contribution in [0.1, 0.15) is 26.3 Å². The van der Waals surface area contributed by atoms with Gasteiger partial charge in [-0.15, -0.1) is 0 Å². The Balaban J connectivity index is 1.97. The summed E-state index contributed by atoms with van der Waals surface area (Å²) < 4.78 is 15.6. The van der Waals surface area contributed by atoms with Crippen LogP contribution in [-0.2, 0) is 16.0 Å². The number of aliphatic hydroxyl groups is 1. The molecule has 0 aromatic heterocycles. The lowest BCUT2D eigenvalue weighted by atomic mass is 10.0. The molecule has 0 bridgehead atoms. The number of carbonyl (C=O) groups excluding carboxylic acids is 1. The molecule has 2 atom stereocenters. The third-order valence-corrected chi connectivity index (χ3v) is 2.96. The molecule has 116 valence electrons. The predicted octanol–water partition coefficient (Wildman–Crippen LogP) is 0.988. The molecule has 0 amide bonds. The molecule has 1 aliphatic rings. The van der Waals surface area contributed by atoms with E-state index >= 15 is 0 Å². The number of hydrogen-bond acceptors (Lipinski definition) is 6. The van der Waals surface area contributed by atoms with E-state index in [1.807, 2.05) is 6.07 Å². The summed E-state index contributed by atoms with van der Waals surface area (Å²) in [6, 6.07) is 4.66. The first-order valence-corrected chi connectivity index (χ1v) is 6.81. The van der Waals surface area contributed by atoms with Crippen LogP contribution in [0.4, 0.5) is 0 Å². The highest BCUT2D eigenvalue weighted by atomic mass is 16.7. The second kappa shape index (κ2) is 5.91. The van der Waals surface area contributed by atoms with E-state index in [1.165, 1.54) is 0 Å². The van der Waals surface area contributed by atoms with E-state index in [4.69, 9.17) is 19.9 Å². The molecular weight excluding hydrogens is 274 g/mol. The van der Waals surface area contributed by atoms with Crippen LogP contribution in [-0.4, -0.2) is 35.6 Å². The van der Waals surface area contributed by atoms with E-state index in [2.05, 4.69) is 0 Å². The molecule has 2 rings (SSSR count). The lowest BCUT2D eigenvalue weighted by molar-refractivity contribution is -0.166. The van der Waals surface area contributed by atoms with Crippen molar-refractivity contribution in [3.05, 3.63) is 23.8 Å². The summed E-state index contributed by atoms with van der Waals surface area (Å²) in [5, 5.41) is 9.95. The lowest BCUT2D eigenvalue weighted by Gasteiger charge is -2.24. The molecule has 1 aromatic carbocycles. The van der Waals surface area contributed by atoms with Crippen molar-refractivity contribution < 1.29 is 24.1 Å². The Kier molecular flexibility index (Phi) is 4.39. The molecule has 2 unspecified atom stereocenters. The van der Waals surface area contributed by atoms with Gasteiger partial charge in [-0.05, 0) is 44.9 Å². The number of benzene rings is 1. The van der Waals surface area contributed by atoms with E-state index in [0.717, 1.165) is 5.56 Å². The third-order valence-electron chi connectivity index (χ3n) is 2.96. The molecular formula is C15H21NO5. The zero-order chi connectivity index (χ0) is 15.6. The maximum Gasteiger partial charge on any atom is 0.337 e. The molecule has 21 heavy (non-hydrogen) atoms. The zero-order valence-electron chi connectivity index (χ0n) is 12.5. The maximum atomic E-state index is 11.8. The Morgan fingerprint density at radius 3 is 2.71 bits per heavy atom. The molecule has 0 radical (unpaired) electrons. The number of fused-ring (bicyclic) bond motifs is 1. The van der Waals surface area contributed by atoms with Crippen LogP contribution in [0.3, 0.4) is 0 Å². The number of carbonyl (C=O) groups is 1. The molecule has 0 saturated heterocycles. The van der Waals surface area contributed by atoms with Gasteiger partial charge in [-0.25, -0.2) is 4.79 Å². The summed E-state index contributed by atoms with van der Waals surface area (Å²) in [7, 11) is 0. The van der Waals surface area contributed by atoms with E-state index < -0.39 is 23.7 Å². The van der Waals surface area contributed by atoms with Crippen molar-refractivity contribution in [2.75, 3.05) is 6.79 Å². The first-order chi connectivity index (χ1) is 9.76. The van der Waals surface area contributed by atoms with Crippen LogP contribution in [0.25, 0.3) is 0 Å². The summed E-state index contributed by atoms with van der Waals surface area (Å²) in [4.78, 5) is 11.8. The Bertz CT molecular complexity index is 523. The first kappa shape index (κ1) is 15.6. The van der Waals surface area contributed by atoms with Crippen molar-refractivity contribution in [2.45, 2.75) is 44.9 Å². The fourth-order valence-electron chi connectivity index (χ4n) is 1.99. The van der Waals surface area contributed by atoms with Gasteiger partial charge in [0, 0.05) is 6.04 Å². The summed E-state index contributed by atoms with van der Waals surface area (Å²) in [6.07, 6.45) is -1.04. The van der Waals surface area contributed by atoms with Gasteiger partial charge in [-0.2, -0.15) is 0 Å². The molecule has 0 aliphatic carbocycles. The van der Waals surface area contributed by atoms with Gasteiger partial charge in [0.25, 0.3) is 0 Å². The van der Waals surface area contributed by atoms with Gasteiger partial charge < -0.3 is 25.1 Å². The van der Waals surface area contributed by atoms with Gasteiger partial charge in [0.05, 0.1) is 0 Å². The van der Waals surface area contributed by atoms with E-state index in [-0.39, 0.29) is 6.79 Å². The molecule has 1 aliphatic heterocycles. The normalized spacial score (nSPS) is 16.4.